The first-order valence-electron chi connectivity index (χ1n) is 8.47. The van der Waals surface area contributed by atoms with E-state index in [1.165, 1.54) is 47.8 Å². The Labute approximate surface area is 165 Å². The largest absolute Gasteiger partial charge is 0.280 e. The van der Waals surface area contributed by atoms with Crippen LogP contribution in [0.4, 0.5) is 5.69 Å². The molecule has 0 atom stereocenters. The lowest BCUT2D eigenvalue weighted by atomic mass is 10.2. The number of nitrogens with one attached hydrogen (secondary N) is 1. The Morgan fingerprint density at radius 1 is 0.714 bits per heavy atom. The predicted molar refractivity (Wildman–Crippen MR) is 109 cm³/mol. The summed E-state index contributed by atoms with van der Waals surface area (Å²) in [4.78, 5) is 0.225. The van der Waals surface area contributed by atoms with Gasteiger partial charge in [-0.3, -0.25) is 4.72 Å². The van der Waals surface area contributed by atoms with Crippen LogP contribution in [0.5, 0.6) is 0 Å². The van der Waals surface area contributed by atoms with Gasteiger partial charge in [0, 0.05) is 19.3 Å². The Morgan fingerprint density at radius 3 is 1.82 bits per heavy atom. The molecular formula is C20H20N2O4S2. The van der Waals surface area contributed by atoms with Gasteiger partial charge >= 0.3 is 0 Å². The summed E-state index contributed by atoms with van der Waals surface area (Å²) >= 11 is 0. The van der Waals surface area contributed by atoms with Crippen molar-refractivity contribution in [2.24, 2.45) is 0 Å². The monoisotopic (exact) mass is 416 g/mol. The molecule has 0 unspecified atom stereocenters. The summed E-state index contributed by atoms with van der Waals surface area (Å²) in [6, 6.07) is 22.9. The van der Waals surface area contributed by atoms with Crippen molar-refractivity contribution in [3.8, 4) is 0 Å². The van der Waals surface area contributed by atoms with Crippen LogP contribution < -0.4 is 4.72 Å². The molecule has 6 nitrogen and oxygen atoms in total. The van der Waals surface area contributed by atoms with Crippen molar-refractivity contribution >= 4 is 25.7 Å². The maximum absolute atomic E-state index is 12.7. The van der Waals surface area contributed by atoms with Crippen LogP contribution in [0.3, 0.4) is 0 Å². The Bertz CT molecular complexity index is 1130. The smallest absolute Gasteiger partial charge is 0.261 e. The summed E-state index contributed by atoms with van der Waals surface area (Å²) in [6.45, 7) is 0.242. The highest BCUT2D eigenvalue weighted by molar-refractivity contribution is 7.92. The van der Waals surface area contributed by atoms with Gasteiger partial charge in [-0.2, -0.15) is 4.31 Å². The lowest BCUT2D eigenvalue weighted by Gasteiger charge is -2.17. The first kappa shape index (κ1) is 20.1. The van der Waals surface area contributed by atoms with Crippen molar-refractivity contribution in [1.82, 2.24) is 4.31 Å². The van der Waals surface area contributed by atoms with Crippen LogP contribution in [0, 0.1) is 0 Å². The van der Waals surface area contributed by atoms with Gasteiger partial charge < -0.3 is 0 Å². The molecule has 3 aromatic carbocycles. The Kier molecular flexibility index (Phi) is 5.83. The van der Waals surface area contributed by atoms with Crippen molar-refractivity contribution in [3.05, 3.63) is 90.5 Å². The summed E-state index contributed by atoms with van der Waals surface area (Å²) in [6.07, 6.45) is 0. The molecule has 0 aliphatic rings. The quantitative estimate of drug-likeness (QED) is 0.640. The fraction of sp³-hybridized carbons (Fsp3) is 0.100. The van der Waals surface area contributed by atoms with Gasteiger partial charge in [-0.15, -0.1) is 0 Å². The molecule has 0 bridgehead atoms. The van der Waals surface area contributed by atoms with Gasteiger partial charge in [0.25, 0.3) is 10.0 Å². The number of sulfonamides is 2. The van der Waals surface area contributed by atoms with Gasteiger partial charge in [0.05, 0.1) is 9.79 Å². The molecule has 3 rings (SSSR count). The fourth-order valence-electron chi connectivity index (χ4n) is 2.61. The molecule has 0 heterocycles. The molecular weight excluding hydrogens is 396 g/mol. The standard InChI is InChI=1S/C20H20N2O4S2/c1-22(16-17-8-4-2-5-9-17)28(25,26)20-14-12-18(13-15-20)21-27(23,24)19-10-6-3-7-11-19/h2-15,21H,16H2,1H3. The molecule has 0 aliphatic heterocycles. The topological polar surface area (TPSA) is 83.6 Å². The maximum atomic E-state index is 12.7. The minimum atomic E-state index is -3.73. The van der Waals surface area contributed by atoms with Crippen molar-refractivity contribution in [1.29, 1.82) is 0 Å². The van der Waals surface area contributed by atoms with Crippen LogP contribution >= 0.6 is 0 Å². The number of hydrogen-bond acceptors (Lipinski definition) is 4. The molecule has 1 N–H and O–H groups in total. The van der Waals surface area contributed by atoms with E-state index in [1.807, 2.05) is 30.3 Å². The van der Waals surface area contributed by atoms with Crippen LogP contribution in [0.2, 0.25) is 0 Å². The van der Waals surface area contributed by atoms with Gasteiger partial charge in [-0.1, -0.05) is 48.5 Å². The SMILES string of the molecule is CN(Cc1ccccc1)S(=O)(=O)c1ccc(NS(=O)(=O)c2ccccc2)cc1. The minimum absolute atomic E-state index is 0.0913. The summed E-state index contributed by atoms with van der Waals surface area (Å²) in [5, 5.41) is 0. The van der Waals surface area contributed by atoms with E-state index in [1.54, 1.807) is 18.2 Å². The van der Waals surface area contributed by atoms with Gasteiger partial charge in [0.2, 0.25) is 10.0 Å². The second-order valence-corrected chi connectivity index (χ2v) is 9.92. The zero-order valence-corrected chi connectivity index (χ0v) is 16.8. The zero-order valence-electron chi connectivity index (χ0n) is 15.2. The molecule has 0 aliphatic carbocycles. The minimum Gasteiger partial charge on any atom is -0.280 e. The van der Waals surface area contributed by atoms with E-state index in [0.29, 0.717) is 0 Å². The molecule has 0 amide bonds. The normalized spacial score (nSPS) is 12.1. The van der Waals surface area contributed by atoms with E-state index in [9.17, 15) is 16.8 Å². The van der Waals surface area contributed by atoms with E-state index in [2.05, 4.69) is 4.72 Å². The van der Waals surface area contributed by atoms with Crippen LogP contribution in [-0.2, 0) is 26.6 Å². The number of anilines is 1. The third-order valence-corrected chi connectivity index (χ3v) is 7.33. The van der Waals surface area contributed by atoms with Crippen molar-refractivity contribution in [2.75, 3.05) is 11.8 Å². The Balaban J connectivity index is 1.76. The lowest BCUT2D eigenvalue weighted by Crippen LogP contribution is -2.26. The number of rotatable bonds is 7. The van der Waals surface area contributed by atoms with Crippen LogP contribution in [0.25, 0.3) is 0 Å². The molecule has 0 radical (unpaired) electrons. The van der Waals surface area contributed by atoms with E-state index < -0.39 is 20.0 Å². The summed E-state index contributed by atoms with van der Waals surface area (Å²) in [5.74, 6) is 0. The van der Waals surface area contributed by atoms with E-state index in [4.69, 9.17) is 0 Å². The molecule has 0 saturated heterocycles. The highest BCUT2D eigenvalue weighted by atomic mass is 32.2. The summed E-state index contributed by atoms with van der Waals surface area (Å²) in [7, 11) is -5.91. The van der Waals surface area contributed by atoms with E-state index >= 15 is 0 Å². The van der Waals surface area contributed by atoms with Crippen molar-refractivity contribution < 1.29 is 16.8 Å². The van der Waals surface area contributed by atoms with Crippen molar-refractivity contribution in [3.63, 3.8) is 0 Å². The molecule has 28 heavy (non-hydrogen) atoms. The second-order valence-electron chi connectivity index (χ2n) is 6.19. The first-order chi connectivity index (χ1) is 13.3. The Hall–Kier alpha value is -2.68. The predicted octanol–water partition coefficient (Wildman–Crippen LogP) is 3.31. The molecule has 146 valence electrons. The fourth-order valence-corrected chi connectivity index (χ4v) is 4.85. The van der Waals surface area contributed by atoms with E-state index in [-0.39, 0.29) is 22.0 Å². The number of hydrogen-bond donors (Lipinski definition) is 1. The average molecular weight is 417 g/mol. The highest BCUT2D eigenvalue weighted by Gasteiger charge is 2.21. The van der Waals surface area contributed by atoms with Crippen LogP contribution in [-0.4, -0.2) is 28.2 Å². The summed E-state index contributed by atoms with van der Waals surface area (Å²) < 4.78 is 53.9. The van der Waals surface area contributed by atoms with E-state index in [0.717, 1.165) is 5.56 Å². The van der Waals surface area contributed by atoms with Gasteiger partial charge in [-0.05, 0) is 42.0 Å². The second kappa shape index (κ2) is 8.14. The molecule has 0 fully saturated rings. The molecule has 0 saturated carbocycles. The maximum Gasteiger partial charge on any atom is 0.261 e. The zero-order chi connectivity index (χ0) is 20.2. The van der Waals surface area contributed by atoms with Crippen molar-refractivity contribution in [2.45, 2.75) is 16.3 Å². The third-order valence-electron chi connectivity index (χ3n) is 4.12. The molecule has 0 spiro atoms. The van der Waals surface area contributed by atoms with Crippen LogP contribution in [0.15, 0.2) is 94.7 Å². The van der Waals surface area contributed by atoms with Gasteiger partial charge in [0.1, 0.15) is 0 Å². The average Bonchev–Trinajstić information content (AvgIpc) is 2.69. The highest BCUT2D eigenvalue weighted by Crippen LogP contribution is 2.21. The summed E-state index contributed by atoms with van der Waals surface area (Å²) in [5.41, 5.74) is 1.16. The lowest BCUT2D eigenvalue weighted by molar-refractivity contribution is 0.467. The van der Waals surface area contributed by atoms with Gasteiger partial charge in [0.15, 0.2) is 0 Å². The van der Waals surface area contributed by atoms with Crippen LogP contribution in [0.1, 0.15) is 5.56 Å². The molecule has 8 heteroatoms. The Morgan fingerprint density at radius 2 is 1.25 bits per heavy atom. The number of nitrogens with zero attached hydrogens (tertiary/aromatic N) is 1. The number of benzene rings is 3. The molecule has 3 aromatic rings. The molecule has 0 aromatic heterocycles. The van der Waals surface area contributed by atoms with Gasteiger partial charge in [-0.25, -0.2) is 16.8 Å². The first-order valence-corrected chi connectivity index (χ1v) is 11.4. The third kappa shape index (κ3) is 4.59.